The maximum atomic E-state index is 10.8. The lowest BCUT2D eigenvalue weighted by Gasteiger charge is -2.12. The van der Waals surface area contributed by atoms with Gasteiger partial charge in [-0.15, -0.1) is 0 Å². The van der Waals surface area contributed by atoms with Gasteiger partial charge in [0.05, 0.1) is 26.7 Å². The summed E-state index contributed by atoms with van der Waals surface area (Å²) in [7, 11) is 0. The molecule has 0 saturated carbocycles. The van der Waals surface area contributed by atoms with Gasteiger partial charge >= 0.3 is 0 Å². The molecular weight excluding hydrogens is 338 g/mol. The van der Waals surface area contributed by atoms with E-state index in [1.54, 1.807) is 11.0 Å². The van der Waals surface area contributed by atoms with Crippen LogP contribution >= 0.6 is 23.8 Å². The maximum Gasteiger partial charge on any atom is 0.271 e. The van der Waals surface area contributed by atoms with E-state index in [2.05, 4.69) is 15.7 Å². The molecule has 0 aliphatic rings. The standard InChI is InChI=1S/C14H10ClN5O2S/c15-10-6-5-9(20(21)22)7-12(10)17-14(23)18-19-8-16-11-3-1-2-4-13(11)19/h1-8H,(H2,17,18,23). The van der Waals surface area contributed by atoms with Crippen molar-refractivity contribution in [3.8, 4) is 0 Å². The fourth-order valence-electron chi connectivity index (χ4n) is 2.03. The van der Waals surface area contributed by atoms with Crippen molar-refractivity contribution in [3.63, 3.8) is 0 Å². The molecular formula is C14H10ClN5O2S. The minimum absolute atomic E-state index is 0.0761. The Labute approximate surface area is 141 Å². The van der Waals surface area contributed by atoms with Crippen LogP contribution in [0.5, 0.6) is 0 Å². The largest absolute Gasteiger partial charge is 0.330 e. The smallest absolute Gasteiger partial charge is 0.271 e. The quantitative estimate of drug-likeness (QED) is 0.428. The molecule has 1 heterocycles. The van der Waals surface area contributed by atoms with E-state index >= 15 is 0 Å². The van der Waals surface area contributed by atoms with Crippen molar-refractivity contribution in [2.24, 2.45) is 0 Å². The molecule has 0 aliphatic carbocycles. The van der Waals surface area contributed by atoms with Crippen LogP contribution in [0.2, 0.25) is 5.02 Å². The van der Waals surface area contributed by atoms with Crippen molar-refractivity contribution in [2.45, 2.75) is 0 Å². The van der Waals surface area contributed by atoms with E-state index in [9.17, 15) is 10.1 Å². The van der Waals surface area contributed by atoms with Gasteiger partial charge < -0.3 is 5.32 Å². The molecule has 0 aliphatic heterocycles. The molecule has 116 valence electrons. The van der Waals surface area contributed by atoms with Crippen LogP contribution in [-0.2, 0) is 0 Å². The number of nitro benzene ring substituents is 1. The summed E-state index contributed by atoms with van der Waals surface area (Å²) >= 11 is 11.2. The van der Waals surface area contributed by atoms with Crippen LogP contribution in [-0.4, -0.2) is 19.7 Å². The first-order chi connectivity index (χ1) is 11.0. The summed E-state index contributed by atoms with van der Waals surface area (Å²) in [6.45, 7) is 0. The van der Waals surface area contributed by atoms with Crippen LogP contribution in [0.3, 0.4) is 0 Å². The van der Waals surface area contributed by atoms with Crippen molar-refractivity contribution in [1.82, 2.24) is 9.66 Å². The van der Waals surface area contributed by atoms with Gasteiger partial charge in [0.2, 0.25) is 0 Å². The van der Waals surface area contributed by atoms with E-state index in [0.29, 0.717) is 10.7 Å². The van der Waals surface area contributed by atoms with E-state index in [1.807, 2.05) is 24.3 Å². The van der Waals surface area contributed by atoms with Gasteiger partial charge in [-0.05, 0) is 30.4 Å². The second kappa shape index (κ2) is 6.19. The summed E-state index contributed by atoms with van der Waals surface area (Å²) in [6.07, 6.45) is 1.59. The van der Waals surface area contributed by atoms with Gasteiger partial charge in [0, 0.05) is 12.1 Å². The minimum Gasteiger partial charge on any atom is -0.330 e. The summed E-state index contributed by atoms with van der Waals surface area (Å²) in [5.41, 5.74) is 4.87. The van der Waals surface area contributed by atoms with Gasteiger partial charge in [0.1, 0.15) is 6.33 Å². The van der Waals surface area contributed by atoms with E-state index in [1.165, 1.54) is 18.2 Å². The number of aromatic nitrogens is 2. The second-order valence-corrected chi connectivity index (χ2v) is 5.41. The first kappa shape index (κ1) is 15.2. The number of non-ortho nitro benzene ring substituents is 1. The summed E-state index contributed by atoms with van der Waals surface area (Å²) in [5, 5.41) is 14.2. The average Bonchev–Trinajstić information content (AvgIpc) is 2.92. The fraction of sp³-hybridized carbons (Fsp3) is 0. The number of hydrogen-bond donors (Lipinski definition) is 2. The highest BCUT2D eigenvalue weighted by Gasteiger charge is 2.11. The number of anilines is 1. The predicted octanol–water partition coefficient (Wildman–Crippen LogP) is 3.54. The molecule has 23 heavy (non-hydrogen) atoms. The van der Waals surface area contributed by atoms with E-state index in [0.717, 1.165) is 11.0 Å². The van der Waals surface area contributed by atoms with Crippen LogP contribution < -0.4 is 10.7 Å². The van der Waals surface area contributed by atoms with Gasteiger partial charge in [0.25, 0.3) is 5.69 Å². The number of halogens is 1. The number of nitrogens with zero attached hydrogens (tertiary/aromatic N) is 3. The van der Waals surface area contributed by atoms with Crippen molar-refractivity contribution in [2.75, 3.05) is 10.7 Å². The monoisotopic (exact) mass is 347 g/mol. The van der Waals surface area contributed by atoms with Crippen LogP contribution in [0, 0.1) is 10.1 Å². The average molecular weight is 348 g/mol. The highest BCUT2D eigenvalue weighted by Crippen LogP contribution is 2.26. The fourth-order valence-corrected chi connectivity index (χ4v) is 2.40. The molecule has 0 radical (unpaired) electrons. The topological polar surface area (TPSA) is 85.0 Å². The van der Waals surface area contributed by atoms with Crippen LogP contribution in [0.15, 0.2) is 48.8 Å². The molecule has 0 bridgehead atoms. The first-order valence-corrected chi connectivity index (χ1v) is 7.27. The van der Waals surface area contributed by atoms with Crippen molar-refractivity contribution >= 4 is 51.3 Å². The number of imidazole rings is 1. The molecule has 2 aromatic carbocycles. The highest BCUT2D eigenvalue weighted by molar-refractivity contribution is 7.80. The molecule has 3 aromatic rings. The molecule has 3 rings (SSSR count). The van der Waals surface area contributed by atoms with E-state index in [4.69, 9.17) is 23.8 Å². The zero-order valence-corrected chi connectivity index (χ0v) is 13.1. The third-order valence-corrected chi connectivity index (χ3v) is 3.61. The number of nitrogens with one attached hydrogen (secondary N) is 2. The first-order valence-electron chi connectivity index (χ1n) is 6.48. The molecule has 7 nitrogen and oxygen atoms in total. The Balaban J connectivity index is 1.80. The lowest BCUT2D eigenvalue weighted by molar-refractivity contribution is -0.384. The van der Waals surface area contributed by atoms with Gasteiger partial charge in [-0.25, -0.2) is 9.66 Å². The summed E-state index contributed by atoms with van der Waals surface area (Å²) in [5.74, 6) is 0. The van der Waals surface area contributed by atoms with Crippen molar-refractivity contribution in [3.05, 3.63) is 63.9 Å². The van der Waals surface area contributed by atoms with Gasteiger partial charge in [-0.2, -0.15) is 0 Å². The number of nitro groups is 1. The van der Waals surface area contributed by atoms with Crippen LogP contribution in [0.25, 0.3) is 11.0 Å². The lowest BCUT2D eigenvalue weighted by atomic mass is 10.3. The number of para-hydroxylation sites is 2. The SMILES string of the molecule is O=[N+]([O-])c1ccc(Cl)c(NC(=S)Nn2cnc3ccccc32)c1. The number of hydrogen-bond acceptors (Lipinski definition) is 4. The third-order valence-electron chi connectivity index (χ3n) is 3.08. The van der Waals surface area contributed by atoms with Crippen LogP contribution in [0.4, 0.5) is 11.4 Å². The third kappa shape index (κ3) is 3.22. The molecule has 0 fully saturated rings. The Morgan fingerprint density at radius 1 is 1.30 bits per heavy atom. The summed E-state index contributed by atoms with van der Waals surface area (Å²) < 4.78 is 1.65. The molecule has 2 N–H and O–H groups in total. The van der Waals surface area contributed by atoms with Crippen molar-refractivity contribution < 1.29 is 4.92 Å². The zero-order chi connectivity index (χ0) is 16.4. The number of thiocarbonyl (C=S) groups is 1. The molecule has 0 saturated heterocycles. The van der Waals surface area contributed by atoms with E-state index < -0.39 is 4.92 Å². The Hall–Kier alpha value is -2.71. The molecule has 1 aromatic heterocycles. The lowest BCUT2D eigenvalue weighted by Crippen LogP contribution is -2.27. The molecule has 0 unspecified atom stereocenters. The van der Waals surface area contributed by atoms with Crippen LogP contribution in [0.1, 0.15) is 0 Å². The van der Waals surface area contributed by atoms with E-state index in [-0.39, 0.29) is 10.8 Å². The molecule has 0 atom stereocenters. The van der Waals surface area contributed by atoms with Gasteiger partial charge in [0.15, 0.2) is 5.11 Å². The van der Waals surface area contributed by atoms with Gasteiger partial charge in [-0.3, -0.25) is 15.5 Å². The minimum atomic E-state index is -0.499. The Morgan fingerprint density at radius 3 is 2.87 bits per heavy atom. The summed E-state index contributed by atoms with van der Waals surface area (Å²) in [6, 6.07) is 11.6. The zero-order valence-electron chi connectivity index (χ0n) is 11.6. The van der Waals surface area contributed by atoms with Gasteiger partial charge in [-0.1, -0.05) is 23.7 Å². The Morgan fingerprint density at radius 2 is 2.09 bits per heavy atom. The normalized spacial score (nSPS) is 10.5. The number of rotatable bonds is 3. The maximum absolute atomic E-state index is 10.8. The predicted molar refractivity (Wildman–Crippen MR) is 93.4 cm³/mol. The van der Waals surface area contributed by atoms with Crippen molar-refractivity contribution in [1.29, 1.82) is 0 Å². The highest BCUT2D eigenvalue weighted by atomic mass is 35.5. The molecule has 9 heteroatoms. The molecule has 0 amide bonds. The Bertz CT molecular complexity index is 911. The second-order valence-electron chi connectivity index (χ2n) is 4.59. The number of benzene rings is 2. The number of fused-ring (bicyclic) bond motifs is 1. The molecule has 0 spiro atoms. The Kier molecular flexibility index (Phi) is 4.09. The summed E-state index contributed by atoms with van der Waals surface area (Å²) in [4.78, 5) is 14.6.